The van der Waals surface area contributed by atoms with Crippen molar-refractivity contribution in [1.82, 2.24) is 10.2 Å². The molecule has 3 N–H and O–H groups in total. The van der Waals surface area contributed by atoms with E-state index in [1.165, 1.54) is 0 Å². The zero-order valence-corrected chi connectivity index (χ0v) is 16.0. The Morgan fingerprint density at radius 3 is 2.58 bits per heavy atom. The molecular weight excluding hydrogens is 346 g/mol. The molecule has 1 aliphatic heterocycles. The topological polar surface area (TPSA) is 75.4 Å². The van der Waals surface area contributed by atoms with E-state index in [9.17, 15) is 9.59 Å². The van der Waals surface area contributed by atoms with Crippen molar-refractivity contribution in [2.75, 3.05) is 6.54 Å². The number of benzene rings is 1. The van der Waals surface area contributed by atoms with Crippen molar-refractivity contribution < 1.29 is 9.59 Å². The van der Waals surface area contributed by atoms with Crippen molar-refractivity contribution in [1.29, 1.82) is 0 Å². The van der Waals surface area contributed by atoms with Crippen LogP contribution in [0, 0.1) is 5.92 Å². The smallest absolute Gasteiger partial charge is 0.235 e. The van der Waals surface area contributed by atoms with Gasteiger partial charge >= 0.3 is 0 Å². The minimum Gasteiger partial charge on any atom is -0.368 e. The fourth-order valence-electron chi connectivity index (χ4n) is 3.46. The summed E-state index contributed by atoms with van der Waals surface area (Å²) in [5.41, 5.74) is 7.89. The molecule has 2 aromatic rings. The quantitative estimate of drug-likeness (QED) is 0.819. The van der Waals surface area contributed by atoms with Crippen LogP contribution in [0.2, 0.25) is 0 Å². The average Bonchev–Trinajstić information content (AvgIpc) is 3.12. The highest BCUT2D eigenvalue weighted by Gasteiger charge is 2.31. The maximum Gasteiger partial charge on any atom is 0.235 e. The molecule has 138 valence electrons. The molecule has 2 heterocycles. The lowest BCUT2D eigenvalue weighted by atomic mass is 9.93. The normalized spacial score (nSPS) is 18.3. The van der Waals surface area contributed by atoms with E-state index in [4.69, 9.17) is 5.73 Å². The summed E-state index contributed by atoms with van der Waals surface area (Å²) in [6.07, 6.45) is 0.553. The van der Waals surface area contributed by atoms with Gasteiger partial charge in [-0.2, -0.15) is 0 Å². The van der Waals surface area contributed by atoms with Gasteiger partial charge in [-0.15, -0.1) is 11.3 Å². The molecule has 0 aliphatic carbocycles. The van der Waals surface area contributed by atoms with Crippen molar-refractivity contribution >= 4 is 23.2 Å². The molecule has 0 bridgehead atoms. The largest absolute Gasteiger partial charge is 0.368 e. The Labute approximate surface area is 158 Å². The lowest BCUT2D eigenvalue weighted by Gasteiger charge is -2.35. The Kier molecular flexibility index (Phi) is 5.74. The van der Waals surface area contributed by atoms with Crippen LogP contribution < -0.4 is 11.1 Å². The van der Waals surface area contributed by atoms with Crippen LogP contribution in [-0.2, 0) is 22.6 Å². The molecule has 0 fully saturated rings. The summed E-state index contributed by atoms with van der Waals surface area (Å²) in [6, 6.07) is 11.6. The summed E-state index contributed by atoms with van der Waals surface area (Å²) < 4.78 is 0. The van der Waals surface area contributed by atoms with E-state index in [0.717, 1.165) is 16.0 Å². The highest BCUT2D eigenvalue weighted by molar-refractivity contribution is 7.10. The summed E-state index contributed by atoms with van der Waals surface area (Å²) in [4.78, 5) is 27.6. The van der Waals surface area contributed by atoms with Gasteiger partial charge in [-0.1, -0.05) is 44.2 Å². The van der Waals surface area contributed by atoms with Crippen LogP contribution in [0.25, 0.3) is 0 Å². The van der Waals surface area contributed by atoms with Gasteiger partial charge in [0.1, 0.15) is 0 Å². The predicted molar refractivity (Wildman–Crippen MR) is 104 cm³/mol. The van der Waals surface area contributed by atoms with Gasteiger partial charge in [0.2, 0.25) is 11.8 Å². The molecule has 0 saturated carbocycles. The third-order valence-electron chi connectivity index (χ3n) is 4.85. The highest BCUT2D eigenvalue weighted by atomic mass is 32.1. The summed E-state index contributed by atoms with van der Waals surface area (Å²) in [7, 11) is 0. The lowest BCUT2D eigenvalue weighted by molar-refractivity contribution is -0.128. The minimum absolute atomic E-state index is 0.0217. The van der Waals surface area contributed by atoms with Crippen molar-refractivity contribution in [2.24, 2.45) is 11.7 Å². The second kappa shape index (κ2) is 8.01. The van der Waals surface area contributed by atoms with Crippen LogP contribution in [0.5, 0.6) is 0 Å². The van der Waals surface area contributed by atoms with Crippen molar-refractivity contribution in [3.63, 3.8) is 0 Å². The van der Waals surface area contributed by atoms with E-state index >= 15 is 0 Å². The first-order chi connectivity index (χ1) is 12.5. The Morgan fingerprint density at radius 1 is 1.23 bits per heavy atom. The molecule has 0 radical (unpaired) electrons. The van der Waals surface area contributed by atoms with Crippen molar-refractivity contribution in [2.45, 2.75) is 38.9 Å². The maximum absolute atomic E-state index is 12.7. The lowest BCUT2D eigenvalue weighted by Crippen LogP contribution is -2.52. The van der Waals surface area contributed by atoms with Crippen LogP contribution in [0.15, 0.2) is 41.8 Å². The second-order valence-corrected chi connectivity index (χ2v) is 8.08. The molecule has 5 nitrogen and oxygen atoms in total. The van der Waals surface area contributed by atoms with Gasteiger partial charge in [-0.25, -0.2) is 0 Å². The Balaban J connectivity index is 1.72. The van der Waals surface area contributed by atoms with Gasteiger partial charge < -0.3 is 11.1 Å². The molecule has 0 saturated heterocycles. The van der Waals surface area contributed by atoms with Crippen LogP contribution in [0.4, 0.5) is 0 Å². The number of carbonyl (C=O) groups is 2. The summed E-state index contributed by atoms with van der Waals surface area (Å²) in [5.74, 6) is -0.180. The van der Waals surface area contributed by atoms with E-state index in [-0.39, 0.29) is 30.3 Å². The maximum atomic E-state index is 12.7. The monoisotopic (exact) mass is 371 g/mol. The van der Waals surface area contributed by atoms with E-state index in [1.54, 1.807) is 11.3 Å². The number of nitrogens with two attached hydrogens (primary N) is 1. The number of hydrogen-bond acceptors (Lipinski definition) is 4. The number of amides is 2. The van der Waals surface area contributed by atoms with Crippen LogP contribution in [-0.4, -0.2) is 29.3 Å². The number of hydrogen-bond donors (Lipinski definition) is 2. The molecule has 2 atom stereocenters. The summed E-state index contributed by atoms with van der Waals surface area (Å²) in [5, 5.41) is 5.14. The molecule has 3 rings (SSSR count). The van der Waals surface area contributed by atoms with Crippen LogP contribution in [0.1, 0.15) is 35.9 Å². The van der Waals surface area contributed by atoms with Crippen molar-refractivity contribution in [3.05, 3.63) is 57.8 Å². The first kappa shape index (κ1) is 18.6. The molecule has 1 aromatic heterocycles. The molecule has 26 heavy (non-hydrogen) atoms. The third kappa shape index (κ3) is 4.14. The first-order valence-corrected chi connectivity index (χ1v) is 9.76. The molecule has 0 unspecified atom stereocenters. The van der Waals surface area contributed by atoms with Crippen LogP contribution >= 0.6 is 11.3 Å². The van der Waals surface area contributed by atoms with Gasteiger partial charge in [-0.05, 0) is 34.9 Å². The van der Waals surface area contributed by atoms with E-state index < -0.39 is 6.04 Å². The Morgan fingerprint density at radius 2 is 1.96 bits per heavy atom. The number of primary amides is 1. The zero-order chi connectivity index (χ0) is 18.7. The molecule has 1 aromatic carbocycles. The number of carbonyl (C=O) groups excluding carboxylic acids is 2. The first-order valence-electron chi connectivity index (χ1n) is 8.88. The predicted octanol–water partition coefficient (Wildman–Crippen LogP) is 2.47. The zero-order valence-electron chi connectivity index (χ0n) is 15.1. The number of fused-ring (bicyclic) bond motifs is 1. The number of rotatable bonds is 6. The fraction of sp³-hybridized carbons (Fsp3) is 0.400. The SMILES string of the molecule is CC(C)[C@H](NC(=O)CN1Cc2ccccc2C[C@H]1C(N)=O)c1cccs1. The van der Waals surface area contributed by atoms with E-state index in [1.807, 2.05) is 46.7 Å². The molecule has 6 heteroatoms. The molecular formula is C20H25N3O2S. The second-order valence-electron chi connectivity index (χ2n) is 7.10. The molecule has 2 amide bonds. The third-order valence-corrected chi connectivity index (χ3v) is 5.81. The van der Waals surface area contributed by atoms with E-state index in [0.29, 0.717) is 13.0 Å². The summed E-state index contributed by atoms with van der Waals surface area (Å²) in [6.45, 7) is 4.90. The molecule has 0 spiro atoms. The van der Waals surface area contributed by atoms with Gasteiger partial charge in [-0.3, -0.25) is 14.5 Å². The average molecular weight is 372 g/mol. The Hall–Kier alpha value is -2.18. The number of nitrogens with zero attached hydrogens (tertiary/aromatic N) is 1. The van der Waals surface area contributed by atoms with Gasteiger partial charge in [0.25, 0.3) is 0 Å². The van der Waals surface area contributed by atoms with Crippen LogP contribution in [0.3, 0.4) is 0 Å². The van der Waals surface area contributed by atoms with E-state index in [2.05, 4.69) is 19.2 Å². The Bertz CT molecular complexity index is 773. The van der Waals surface area contributed by atoms with Gasteiger partial charge in [0.05, 0.1) is 18.6 Å². The van der Waals surface area contributed by atoms with Gasteiger partial charge in [0.15, 0.2) is 0 Å². The minimum atomic E-state index is -0.449. The van der Waals surface area contributed by atoms with Crippen molar-refractivity contribution in [3.8, 4) is 0 Å². The fourth-order valence-corrected chi connectivity index (χ4v) is 4.41. The molecule has 1 aliphatic rings. The standard InChI is InChI=1S/C20H25N3O2S/c1-13(2)19(17-8-5-9-26-17)22-18(24)12-23-11-15-7-4-3-6-14(15)10-16(23)20(21)25/h3-9,13,16,19H,10-12H2,1-2H3,(H2,21,25)(H,22,24)/t16-,19-/m0/s1. The highest BCUT2D eigenvalue weighted by Crippen LogP contribution is 2.26. The summed E-state index contributed by atoms with van der Waals surface area (Å²) >= 11 is 1.64. The number of nitrogens with one attached hydrogen (secondary N) is 1. The van der Waals surface area contributed by atoms with Gasteiger partial charge in [0, 0.05) is 11.4 Å². The number of thiophene rings is 1.